The highest BCUT2D eigenvalue weighted by Crippen LogP contribution is 2.31. The molecule has 1 aliphatic heterocycles. The van der Waals surface area contributed by atoms with Crippen LogP contribution in [-0.4, -0.2) is 53.3 Å². The molecule has 0 spiro atoms. The summed E-state index contributed by atoms with van der Waals surface area (Å²) < 4.78 is 6.17. The molecule has 2 atom stereocenters. The lowest BCUT2D eigenvalue weighted by molar-refractivity contribution is -0.133. The maximum absolute atomic E-state index is 10.5. The number of aromatic nitrogens is 2. The molecule has 0 bridgehead atoms. The molecule has 1 saturated heterocycles. The van der Waals surface area contributed by atoms with Gasteiger partial charge in [-0.2, -0.15) is 0 Å². The van der Waals surface area contributed by atoms with E-state index in [0.717, 1.165) is 24.6 Å². The molecule has 0 amide bonds. The molecule has 2 heterocycles. The second-order valence-electron chi connectivity index (χ2n) is 4.52. The van der Waals surface area contributed by atoms with E-state index in [1.54, 1.807) is 7.11 Å². The standard InChI is InChI=1S/C11H17N3O3S2/c1-7-3-4-14(5-8(7)17-2)10-12-13-11(19-10)18-6-9(15)16/h7-8H,3-6H2,1-2H3,(H,15,16). The Balaban J connectivity index is 1.96. The predicted octanol–water partition coefficient (Wildman–Crippen LogP) is 1.58. The summed E-state index contributed by atoms with van der Waals surface area (Å²) >= 11 is 2.65. The molecule has 1 aliphatic rings. The van der Waals surface area contributed by atoms with Gasteiger partial charge in [0.25, 0.3) is 0 Å². The number of carboxylic acids is 1. The Labute approximate surface area is 120 Å². The highest BCUT2D eigenvalue weighted by Gasteiger charge is 2.27. The molecule has 1 fully saturated rings. The van der Waals surface area contributed by atoms with Crippen molar-refractivity contribution in [2.24, 2.45) is 5.92 Å². The molecule has 6 nitrogen and oxygen atoms in total. The quantitative estimate of drug-likeness (QED) is 0.828. The van der Waals surface area contributed by atoms with E-state index in [1.165, 1.54) is 23.1 Å². The fourth-order valence-electron chi connectivity index (χ4n) is 2.03. The van der Waals surface area contributed by atoms with Crippen LogP contribution in [0.25, 0.3) is 0 Å². The zero-order valence-corrected chi connectivity index (χ0v) is 12.5. The van der Waals surface area contributed by atoms with Crippen LogP contribution in [-0.2, 0) is 9.53 Å². The Kier molecular flexibility index (Phi) is 5.00. The van der Waals surface area contributed by atoms with Gasteiger partial charge in [-0.1, -0.05) is 30.0 Å². The highest BCUT2D eigenvalue weighted by atomic mass is 32.2. The molecular weight excluding hydrogens is 286 g/mol. The maximum atomic E-state index is 10.5. The van der Waals surface area contributed by atoms with E-state index in [-0.39, 0.29) is 11.9 Å². The Morgan fingerprint density at radius 2 is 2.42 bits per heavy atom. The number of hydrogen-bond acceptors (Lipinski definition) is 7. The number of anilines is 1. The van der Waals surface area contributed by atoms with Gasteiger partial charge in [-0.15, -0.1) is 10.2 Å². The second-order valence-corrected chi connectivity index (χ2v) is 6.70. The van der Waals surface area contributed by atoms with Crippen LogP contribution < -0.4 is 4.90 Å². The van der Waals surface area contributed by atoms with Crippen LogP contribution >= 0.6 is 23.1 Å². The summed E-state index contributed by atoms with van der Waals surface area (Å²) in [4.78, 5) is 12.7. The van der Waals surface area contributed by atoms with Gasteiger partial charge >= 0.3 is 5.97 Å². The van der Waals surface area contributed by atoms with Crippen LogP contribution in [0.2, 0.25) is 0 Å². The molecule has 0 aliphatic carbocycles. The first-order valence-electron chi connectivity index (χ1n) is 6.06. The fourth-order valence-corrected chi connectivity index (χ4v) is 3.62. The van der Waals surface area contributed by atoms with Crippen LogP contribution in [0.1, 0.15) is 13.3 Å². The third kappa shape index (κ3) is 3.80. The number of piperidine rings is 1. The molecule has 19 heavy (non-hydrogen) atoms. The summed E-state index contributed by atoms with van der Waals surface area (Å²) in [6, 6.07) is 0. The van der Waals surface area contributed by atoms with Crippen LogP contribution in [0, 0.1) is 5.92 Å². The van der Waals surface area contributed by atoms with Gasteiger partial charge in [0.05, 0.1) is 11.9 Å². The normalized spacial score (nSPS) is 23.6. The molecule has 106 valence electrons. The van der Waals surface area contributed by atoms with E-state index in [9.17, 15) is 4.79 Å². The van der Waals surface area contributed by atoms with E-state index >= 15 is 0 Å². The Morgan fingerprint density at radius 3 is 3.11 bits per heavy atom. The number of thioether (sulfide) groups is 1. The van der Waals surface area contributed by atoms with Crippen molar-refractivity contribution in [2.45, 2.75) is 23.8 Å². The van der Waals surface area contributed by atoms with Gasteiger partial charge in [0.1, 0.15) is 0 Å². The first-order chi connectivity index (χ1) is 9.10. The second kappa shape index (κ2) is 6.53. The molecule has 0 aromatic carbocycles. The minimum atomic E-state index is -0.840. The van der Waals surface area contributed by atoms with Gasteiger partial charge in [0, 0.05) is 20.2 Å². The largest absolute Gasteiger partial charge is 0.481 e. The van der Waals surface area contributed by atoms with Crippen molar-refractivity contribution in [3.05, 3.63) is 0 Å². The first-order valence-corrected chi connectivity index (χ1v) is 7.86. The van der Waals surface area contributed by atoms with E-state index in [0.29, 0.717) is 10.3 Å². The number of rotatable bonds is 5. The molecule has 2 rings (SSSR count). The van der Waals surface area contributed by atoms with E-state index in [2.05, 4.69) is 22.0 Å². The number of ether oxygens (including phenoxy) is 1. The SMILES string of the molecule is COC1CN(c2nnc(SCC(=O)O)s2)CCC1C. The number of carboxylic acid groups (broad SMARTS) is 1. The number of methoxy groups -OCH3 is 1. The molecule has 8 heteroatoms. The zero-order valence-electron chi connectivity index (χ0n) is 10.9. The van der Waals surface area contributed by atoms with Crippen molar-refractivity contribution in [1.29, 1.82) is 0 Å². The average Bonchev–Trinajstić information content (AvgIpc) is 2.86. The third-order valence-electron chi connectivity index (χ3n) is 3.18. The van der Waals surface area contributed by atoms with E-state index in [4.69, 9.17) is 9.84 Å². The minimum Gasteiger partial charge on any atom is -0.481 e. The van der Waals surface area contributed by atoms with Crippen molar-refractivity contribution in [1.82, 2.24) is 10.2 Å². The summed E-state index contributed by atoms with van der Waals surface area (Å²) in [7, 11) is 1.74. The lowest BCUT2D eigenvalue weighted by Gasteiger charge is -2.35. The molecule has 1 aromatic heterocycles. The van der Waals surface area contributed by atoms with Crippen LogP contribution in [0.4, 0.5) is 5.13 Å². The summed E-state index contributed by atoms with van der Waals surface area (Å²) in [5.74, 6) is -0.269. The van der Waals surface area contributed by atoms with Gasteiger partial charge in [0.2, 0.25) is 5.13 Å². The maximum Gasteiger partial charge on any atom is 0.313 e. The zero-order chi connectivity index (χ0) is 13.8. The monoisotopic (exact) mass is 303 g/mol. The van der Waals surface area contributed by atoms with Crippen molar-refractivity contribution in [3.63, 3.8) is 0 Å². The van der Waals surface area contributed by atoms with Gasteiger partial charge in [-0.25, -0.2) is 0 Å². The molecular formula is C11H17N3O3S2. The van der Waals surface area contributed by atoms with Crippen LogP contribution in [0.15, 0.2) is 4.34 Å². The fraction of sp³-hybridized carbons (Fsp3) is 0.727. The highest BCUT2D eigenvalue weighted by molar-refractivity contribution is 8.01. The number of aliphatic carboxylic acids is 1. The predicted molar refractivity (Wildman–Crippen MR) is 75.1 cm³/mol. The van der Waals surface area contributed by atoms with Crippen molar-refractivity contribution >= 4 is 34.2 Å². The smallest absolute Gasteiger partial charge is 0.313 e. The van der Waals surface area contributed by atoms with Gasteiger partial charge in [-0.3, -0.25) is 4.79 Å². The van der Waals surface area contributed by atoms with Crippen molar-refractivity contribution in [3.8, 4) is 0 Å². The van der Waals surface area contributed by atoms with Crippen LogP contribution in [0.5, 0.6) is 0 Å². The Morgan fingerprint density at radius 1 is 1.63 bits per heavy atom. The Bertz CT molecular complexity index is 441. The third-order valence-corrected chi connectivity index (χ3v) is 5.28. The molecule has 0 saturated carbocycles. The van der Waals surface area contributed by atoms with Crippen LogP contribution in [0.3, 0.4) is 0 Å². The van der Waals surface area contributed by atoms with Gasteiger partial charge in [0.15, 0.2) is 4.34 Å². The topological polar surface area (TPSA) is 75.5 Å². The molecule has 0 radical (unpaired) electrons. The van der Waals surface area contributed by atoms with Crippen molar-refractivity contribution < 1.29 is 14.6 Å². The summed E-state index contributed by atoms with van der Waals surface area (Å²) in [5, 5.41) is 17.6. The minimum absolute atomic E-state index is 0.0202. The van der Waals surface area contributed by atoms with E-state index < -0.39 is 5.97 Å². The average molecular weight is 303 g/mol. The van der Waals surface area contributed by atoms with E-state index in [1.807, 2.05) is 0 Å². The summed E-state index contributed by atoms with van der Waals surface area (Å²) in [6.07, 6.45) is 1.28. The Hall–Kier alpha value is -0.860. The summed E-state index contributed by atoms with van der Waals surface area (Å²) in [6.45, 7) is 3.95. The molecule has 1 aromatic rings. The summed E-state index contributed by atoms with van der Waals surface area (Å²) in [5.41, 5.74) is 0. The lowest BCUT2D eigenvalue weighted by Crippen LogP contribution is -2.43. The molecule has 1 N–H and O–H groups in total. The van der Waals surface area contributed by atoms with Gasteiger partial charge in [-0.05, 0) is 12.3 Å². The first kappa shape index (κ1) is 14.5. The lowest BCUT2D eigenvalue weighted by atomic mass is 9.96. The molecule has 2 unspecified atom stereocenters. The van der Waals surface area contributed by atoms with Crippen molar-refractivity contribution in [2.75, 3.05) is 30.9 Å². The number of hydrogen-bond donors (Lipinski definition) is 1. The number of carbonyl (C=O) groups is 1. The number of nitrogens with zero attached hydrogens (tertiary/aromatic N) is 3. The van der Waals surface area contributed by atoms with Gasteiger partial charge < -0.3 is 14.7 Å².